The van der Waals surface area contributed by atoms with Gasteiger partial charge in [0, 0.05) is 17.8 Å². The third kappa shape index (κ3) is 5.25. The molecule has 0 fully saturated rings. The number of methoxy groups -OCH3 is 1. The Hall–Kier alpha value is -3.20. The van der Waals surface area contributed by atoms with E-state index in [-0.39, 0.29) is 13.2 Å². The summed E-state index contributed by atoms with van der Waals surface area (Å²) in [6.07, 6.45) is 1.02. The molecule has 6 nitrogen and oxygen atoms in total. The van der Waals surface area contributed by atoms with Crippen LogP contribution >= 0.6 is 0 Å². The lowest BCUT2D eigenvalue weighted by Crippen LogP contribution is -2.24. The number of hydrogen-bond donors (Lipinski definition) is 2. The zero-order chi connectivity index (χ0) is 16.5. The summed E-state index contributed by atoms with van der Waals surface area (Å²) < 4.78 is 10.1. The minimum Gasteiger partial charge on any atom is -0.493 e. The van der Waals surface area contributed by atoms with E-state index in [1.165, 1.54) is 7.11 Å². The highest BCUT2D eigenvalue weighted by Crippen LogP contribution is 2.18. The van der Waals surface area contributed by atoms with Crippen molar-refractivity contribution in [3.05, 3.63) is 53.7 Å². The molecule has 1 heterocycles. The molecule has 0 spiro atoms. The molecule has 0 aliphatic rings. The lowest BCUT2D eigenvalue weighted by Gasteiger charge is -2.04. The van der Waals surface area contributed by atoms with Crippen LogP contribution in [0.2, 0.25) is 0 Å². The molecule has 1 amide bonds. The van der Waals surface area contributed by atoms with Crippen molar-refractivity contribution in [3.63, 3.8) is 0 Å². The van der Waals surface area contributed by atoms with Crippen LogP contribution in [0.15, 0.2) is 42.6 Å². The molecular formula is C17H17N3O3. The number of rotatable bonds is 4. The molecule has 0 bridgehead atoms. The smallest absolute Gasteiger partial charge is 0.408 e. The van der Waals surface area contributed by atoms with E-state index in [0.717, 1.165) is 5.56 Å². The number of nitrogens with two attached hydrogens (primary N) is 1. The first-order chi connectivity index (χ1) is 11.2. The molecular weight excluding hydrogens is 294 g/mol. The largest absolute Gasteiger partial charge is 0.493 e. The van der Waals surface area contributed by atoms with Gasteiger partial charge in [-0.2, -0.15) is 0 Å². The van der Waals surface area contributed by atoms with Gasteiger partial charge in [0.25, 0.3) is 0 Å². The summed E-state index contributed by atoms with van der Waals surface area (Å²) in [4.78, 5) is 15.5. The molecule has 2 rings (SSSR count). The van der Waals surface area contributed by atoms with Gasteiger partial charge in [-0.1, -0.05) is 42.2 Å². The predicted octanol–water partition coefficient (Wildman–Crippen LogP) is 1.95. The molecule has 1 aromatic carbocycles. The van der Waals surface area contributed by atoms with E-state index < -0.39 is 6.09 Å². The molecule has 3 N–H and O–H groups in total. The van der Waals surface area contributed by atoms with Gasteiger partial charge in [0.1, 0.15) is 6.61 Å². The lowest BCUT2D eigenvalue weighted by molar-refractivity contribution is 0.141. The van der Waals surface area contributed by atoms with Crippen LogP contribution in [0.5, 0.6) is 5.75 Å². The van der Waals surface area contributed by atoms with E-state index >= 15 is 0 Å². The summed E-state index contributed by atoms with van der Waals surface area (Å²) in [5.74, 6) is 6.43. The number of carbonyl (C=O) groups excluding carboxylic acids is 1. The van der Waals surface area contributed by atoms with E-state index in [2.05, 4.69) is 22.1 Å². The van der Waals surface area contributed by atoms with E-state index in [1.54, 1.807) is 12.3 Å². The van der Waals surface area contributed by atoms with E-state index in [9.17, 15) is 4.79 Å². The Morgan fingerprint density at radius 2 is 2.13 bits per heavy atom. The van der Waals surface area contributed by atoms with Crippen molar-refractivity contribution in [3.8, 4) is 17.6 Å². The van der Waals surface area contributed by atoms with Crippen molar-refractivity contribution in [2.75, 3.05) is 19.4 Å². The first kappa shape index (κ1) is 16.2. The Kier molecular flexibility index (Phi) is 5.83. The van der Waals surface area contributed by atoms with Gasteiger partial charge in [-0.05, 0) is 5.56 Å². The molecule has 23 heavy (non-hydrogen) atoms. The predicted molar refractivity (Wildman–Crippen MR) is 86.7 cm³/mol. The van der Waals surface area contributed by atoms with Gasteiger partial charge in [-0.25, -0.2) is 9.78 Å². The standard InChI is InChI=1S/C17H17N3O3/c1-22-15-10-14(11-20-16(15)18)8-5-9-19-17(21)23-12-13-6-3-2-4-7-13/h2-4,6-7,10-11H,9,12H2,1H3,(H2,18,20)(H,19,21). The third-order valence-electron chi connectivity index (χ3n) is 2.87. The number of alkyl carbamates (subject to hydrolysis) is 1. The van der Waals surface area contributed by atoms with E-state index in [4.69, 9.17) is 15.2 Å². The number of hydrogen-bond acceptors (Lipinski definition) is 5. The summed E-state index contributed by atoms with van der Waals surface area (Å²) in [6.45, 7) is 0.388. The van der Waals surface area contributed by atoms with Crippen molar-refractivity contribution in [2.24, 2.45) is 0 Å². The van der Waals surface area contributed by atoms with Gasteiger partial charge in [0.2, 0.25) is 0 Å². The molecule has 1 aromatic heterocycles. The molecule has 0 aliphatic carbocycles. The van der Waals surface area contributed by atoms with Gasteiger partial charge >= 0.3 is 6.09 Å². The molecule has 0 aliphatic heterocycles. The van der Waals surface area contributed by atoms with Crippen molar-refractivity contribution in [1.29, 1.82) is 0 Å². The summed E-state index contributed by atoms with van der Waals surface area (Å²) in [6, 6.07) is 11.1. The maximum Gasteiger partial charge on any atom is 0.408 e. The summed E-state index contributed by atoms with van der Waals surface area (Å²) in [7, 11) is 1.51. The number of benzene rings is 1. The van der Waals surface area contributed by atoms with Crippen LogP contribution in [-0.4, -0.2) is 24.7 Å². The second-order valence-corrected chi connectivity index (χ2v) is 4.53. The topological polar surface area (TPSA) is 86.5 Å². The molecule has 2 aromatic rings. The fourth-order valence-electron chi connectivity index (χ4n) is 1.72. The third-order valence-corrected chi connectivity index (χ3v) is 2.87. The molecule has 0 atom stereocenters. The average molecular weight is 311 g/mol. The molecule has 6 heteroatoms. The van der Waals surface area contributed by atoms with Gasteiger partial charge in [0.05, 0.1) is 13.7 Å². The number of nitrogen functional groups attached to an aromatic ring is 1. The Bertz CT molecular complexity index is 721. The second-order valence-electron chi connectivity index (χ2n) is 4.53. The Morgan fingerprint density at radius 1 is 1.35 bits per heavy atom. The van der Waals surface area contributed by atoms with Gasteiger partial charge in [-0.3, -0.25) is 0 Å². The van der Waals surface area contributed by atoms with Crippen LogP contribution in [0.4, 0.5) is 10.6 Å². The molecule has 0 radical (unpaired) electrons. The van der Waals surface area contributed by atoms with Crippen LogP contribution in [0.25, 0.3) is 0 Å². The number of carbonyl (C=O) groups is 1. The number of ether oxygens (including phenoxy) is 2. The first-order valence-electron chi connectivity index (χ1n) is 6.92. The quantitative estimate of drug-likeness (QED) is 0.843. The van der Waals surface area contributed by atoms with Crippen LogP contribution in [-0.2, 0) is 11.3 Å². The van der Waals surface area contributed by atoms with Gasteiger partial charge in [-0.15, -0.1) is 0 Å². The number of nitrogens with one attached hydrogen (secondary N) is 1. The van der Waals surface area contributed by atoms with E-state index in [0.29, 0.717) is 17.1 Å². The Labute approximate surface area is 134 Å². The fraction of sp³-hybridized carbons (Fsp3) is 0.176. The zero-order valence-electron chi connectivity index (χ0n) is 12.7. The summed E-state index contributed by atoms with van der Waals surface area (Å²) in [5.41, 5.74) is 7.19. The lowest BCUT2D eigenvalue weighted by atomic mass is 10.2. The summed E-state index contributed by atoms with van der Waals surface area (Å²) >= 11 is 0. The number of nitrogens with zero attached hydrogens (tertiary/aromatic N) is 1. The Balaban J connectivity index is 1.77. The number of pyridine rings is 1. The van der Waals surface area contributed by atoms with Crippen molar-refractivity contribution >= 4 is 11.9 Å². The van der Waals surface area contributed by atoms with E-state index in [1.807, 2.05) is 30.3 Å². The summed E-state index contributed by atoms with van der Waals surface area (Å²) in [5, 5.41) is 2.55. The number of amides is 1. The van der Waals surface area contributed by atoms with Crippen molar-refractivity contribution < 1.29 is 14.3 Å². The SMILES string of the molecule is COc1cc(C#CCNC(=O)OCc2ccccc2)cnc1N. The van der Waals surface area contributed by atoms with Gasteiger partial charge < -0.3 is 20.5 Å². The minimum absolute atomic E-state index is 0.167. The first-order valence-corrected chi connectivity index (χ1v) is 6.92. The molecule has 0 saturated carbocycles. The Morgan fingerprint density at radius 3 is 2.87 bits per heavy atom. The maximum absolute atomic E-state index is 11.5. The highest BCUT2D eigenvalue weighted by molar-refractivity contribution is 5.67. The number of anilines is 1. The molecule has 118 valence electrons. The second kappa shape index (κ2) is 8.29. The highest BCUT2D eigenvalue weighted by atomic mass is 16.5. The van der Waals surface area contributed by atoms with Crippen LogP contribution in [0.3, 0.4) is 0 Å². The monoisotopic (exact) mass is 311 g/mol. The van der Waals surface area contributed by atoms with Crippen LogP contribution in [0, 0.1) is 11.8 Å². The van der Waals surface area contributed by atoms with Crippen LogP contribution < -0.4 is 15.8 Å². The van der Waals surface area contributed by atoms with Crippen LogP contribution in [0.1, 0.15) is 11.1 Å². The maximum atomic E-state index is 11.5. The fourth-order valence-corrected chi connectivity index (χ4v) is 1.72. The molecule has 0 saturated heterocycles. The normalized spacial score (nSPS) is 9.43. The number of aromatic nitrogens is 1. The average Bonchev–Trinajstić information content (AvgIpc) is 2.59. The molecule has 0 unspecified atom stereocenters. The minimum atomic E-state index is -0.517. The van der Waals surface area contributed by atoms with Crippen molar-refractivity contribution in [1.82, 2.24) is 10.3 Å². The van der Waals surface area contributed by atoms with Gasteiger partial charge in [0.15, 0.2) is 11.6 Å². The highest BCUT2D eigenvalue weighted by Gasteiger charge is 2.01. The zero-order valence-corrected chi connectivity index (χ0v) is 12.7. The van der Waals surface area contributed by atoms with Crippen molar-refractivity contribution in [2.45, 2.75) is 6.61 Å².